The van der Waals surface area contributed by atoms with E-state index in [1.807, 2.05) is 38.1 Å². The maximum atomic E-state index is 12.6. The molecule has 0 saturated heterocycles. The molecule has 130 valence electrons. The summed E-state index contributed by atoms with van der Waals surface area (Å²) in [5, 5.41) is 5.80. The van der Waals surface area contributed by atoms with Gasteiger partial charge in [-0.25, -0.2) is 0 Å². The highest BCUT2D eigenvalue weighted by molar-refractivity contribution is 8.00. The SMILES string of the molecule is COc1ccc(C)cc1C(C)NC(=O)c1ccc2c(c1)NC(=O)CS2. The highest BCUT2D eigenvalue weighted by atomic mass is 32.2. The molecule has 0 aliphatic carbocycles. The molecular weight excluding hydrogens is 336 g/mol. The van der Waals surface area contributed by atoms with Crippen molar-refractivity contribution < 1.29 is 14.3 Å². The van der Waals surface area contributed by atoms with Crippen molar-refractivity contribution in [1.82, 2.24) is 5.32 Å². The fourth-order valence-electron chi connectivity index (χ4n) is 2.77. The monoisotopic (exact) mass is 356 g/mol. The molecule has 1 aliphatic rings. The van der Waals surface area contributed by atoms with E-state index in [2.05, 4.69) is 10.6 Å². The second-order valence-electron chi connectivity index (χ2n) is 5.99. The summed E-state index contributed by atoms with van der Waals surface area (Å²) < 4.78 is 5.39. The molecule has 6 heteroatoms. The van der Waals surface area contributed by atoms with Crippen molar-refractivity contribution in [2.45, 2.75) is 24.8 Å². The molecule has 0 radical (unpaired) electrons. The molecule has 1 heterocycles. The maximum Gasteiger partial charge on any atom is 0.251 e. The molecule has 0 bridgehead atoms. The zero-order chi connectivity index (χ0) is 18.0. The van der Waals surface area contributed by atoms with Crippen LogP contribution in [0.15, 0.2) is 41.3 Å². The van der Waals surface area contributed by atoms with Crippen LogP contribution < -0.4 is 15.4 Å². The number of hydrogen-bond acceptors (Lipinski definition) is 4. The lowest BCUT2D eigenvalue weighted by molar-refractivity contribution is -0.113. The van der Waals surface area contributed by atoms with Gasteiger partial charge in [0.1, 0.15) is 5.75 Å². The van der Waals surface area contributed by atoms with E-state index in [4.69, 9.17) is 4.74 Å². The Balaban J connectivity index is 1.79. The van der Waals surface area contributed by atoms with Gasteiger partial charge in [0.15, 0.2) is 0 Å². The molecule has 25 heavy (non-hydrogen) atoms. The third kappa shape index (κ3) is 3.79. The van der Waals surface area contributed by atoms with Crippen LogP contribution in [-0.4, -0.2) is 24.7 Å². The van der Waals surface area contributed by atoms with Crippen LogP contribution in [0, 0.1) is 6.92 Å². The van der Waals surface area contributed by atoms with Gasteiger partial charge >= 0.3 is 0 Å². The molecule has 1 unspecified atom stereocenters. The Bertz CT molecular complexity index is 835. The van der Waals surface area contributed by atoms with E-state index in [-0.39, 0.29) is 17.9 Å². The molecule has 0 fully saturated rings. The average molecular weight is 356 g/mol. The molecule has 0 spiro atoms. The number of ether oxygens (including phenoxy) is 1. The predicted molar refractivity (Wildman–Crippen MR) is 99.4 cm³/mol. The number of fused-ring (bicyclic) bond motifs is 1. The molecule has 2 N–H and O–H groups in total. The second kappa shape index (κ2) is 7.19. The van der Waals surface area contributed by atoms with Crippen molar-refractivity contribution in [3.05, 3.63) is 53.1 Å². The number of rotatable bonds is 4. The van der Waals surface area contributed by atoms with Crippen molar-refractivity contribution >= 4 is 29.3 Å². The molecule has 2 aromatic carbocycles. The summed E-state index contributed by atoms with van der Waals surface area (Å²) in [6.07, 6.45) is 0. The van der Waals surface area contributed by atoms with Gasteiger partial charge < -0.3 is 15.4 Å². The maximum absolute atomic E-state index is 12.6. The second-order valence-corrected chi connectivity index (χ2v) is 7.01. The van der Waals surface area contributed by atoms with Crippen LogP contribution in [0.5, 0.6) is 5.75 Å². The van der Waals surface area contributed by atoms with Crippen LogP contribution in [0.4, 0.5) is 5.69 Å². The number of thioether (sulfide) groups is 1. The summed E-state index contributed by atoms with van der Waals surface area (Å²) in [5.74, 6) is 0.909. The molecule has 0 saturated carbocycles. The van der Waals surface area contributed by atoms with Crippen LogP contribution in [0.1, 0.15) is 34.5 Å². The minimum atomic E-state index is -0.206. The Labute approximate surface area is 151 Å². The van der Waals surface area contributed by atoms with E-state index in [1.54, 1.807) is 19.2 Å². The van der Waals surface area contributed by atoms with Gasteiger partial charge in [-0.15, -0.1) is 11.8 Å². The topological polar surface area (TPSA) is 67.4 Å². The van der Waals surface area contributed by atoms with E-state index in [1.165, 1.54) is 11.8 Å². The minimum Gasteiger partial charge on any atom is -0.496 e. The van der Waals surface area contributed by atoms with Gasteiger partial charge in [0.05, 0.1) is 24.6 Å². The number of carbonyl (C=O) groups is 2. The first kappa shape index (κ1) is 17.4. The first-order chi connectivity index (χ1) is 12.0. The molecule has 5 nitrogen and oxygen atoms in total. The van der Waals surface area contributed by atoms with E-state index in [9.17, 15) is 9.59 Å². The zero-order valence-corrected chi connectivity index (χ0v) is 15.2. The van der Waals surface area contributed by atoms with Crippen molar-refractivity contribution in [2.24, 2.45) is 0 Å². The summed E-state index contributed by atoms with van der Waals surface area (Å²) >= 11 is 1.47. The number of anilines is 1. The van der Waals surface area contributed by atoms with Gasteiger partial charge in [-0.3, -0.25) is 9.59 Å². The first-order valence-corrected chi connectivity index (χ1v) is 8.98. The van der Waals surface area contributed by atoms with Crippen LogP contribution in [0.25, 0.3) is 0 Å². The van der Waals surface area contributed by atoms with Crippen molar-refractivity contribution in [3.8, 4) is 5.75 Å². The summed E-state index contributed by atoms with van der Waals surface area (Å²) in [6.45, 7) is 3.92. The molecule has 3 rings (SSSR count). The normalized spacial score (nSPS) is 14.3. The predicted octanol–water partition coefficient (Wildman–Crippen LogP) is 3.54. The third-order valence-corrected chi connectivity index (χ3v) is 5.15. The van der Waals surface area contributed by atoms with Gasteiger partial charge in [-0.1, -0.05) is 17.7 Å². The lowest BCUT2D eigenvalue weighted by Crippen LogP contribution is -2.27. The number of methoxy groups -OCH3 is 1. The molecule has 1 aliphatic heterocycles. The molecular formula is C19H20N2O3S. The molecule has 0 aromatic heterocycles. The fraction of sp³-hybridized carbons (Fsp3) is 0.263. The van der Waals surface area contributed by atoms with Gasteiger partial charge in [-0.2, -0.15) is 0 Å². The molecule has 2 amide bonds. The molecule has 1 atom stereocenters. The summed E-state index contributed by atoms with van der Waals surface area (Å²) in [5.41, 5.74) is 3.23. The fourth-order valence-corrected chi connectivity index (χ4v) is 3.56. The third-order valence-electron chi connectivity index (χ3n) is 4.07. The Morgan fingerprint density at radius 1 is 1.28 bits per heavy atom. The van der Waals surface area contributed by atoms with Gasteiger partial charge in [-0.05, 0) is 38.1 Å². The Hall–Kier alpha value is -2.47. The van der Waals surface area contributed by atoms with E-state index >= 15 is 0 Å². The quantitative estimate of drug-likeness (QED) is 0.879. The molecule has 2 aromatic rings. The number of benzene rings is 2. The summed E-state index contributed by atoms with van der Waals surface area (Å²) in [7, 11) is 1.62. The highest BCUT2D eigenvalue weighted by Gasteiger charge is 2.19. The van der Waals surface area contributed by atoms with Crippen LogP contribution in [0.2, 0.25) is 0 Å². The van der Waals surface area contributed by atoms with Gasteiger partial charge in [0, 0.05) is 16.0 Å². The summed E-state index contributed by atoms with van der Waals surface area (Å²) in [4.78, 5) is 25.1. The first-order valence-electron chi connectivity index (χ1n) is 8.00. The van der Waals surface area contributed by atoms with Gasteiger partial charge in [0.2, 0.25) is 5.91 Å². The number of carbonyl (C=O) groups excluding carboxylic acids is 2. The Morgan fingerprint density at radius 3 is 2.84 bits per heavy atom. The summed E-state index contributed by atoms with van der Waals surface area (Å²) in [6, 6.07) is 11.0. The smallest absolute Gasteiger partial charge is 0.251 e. The minimum absolute atomic E-state index is 0.0482. The number of hydrogen-bond donors (Lipinski definition) is 2. The van der Waals surface area contributed by atoms with Crippen molar-refractivity contribution in [1.29, 1.82) is 0 Å². The Kier molecular flexibility index (Phi) is 4.99. The van der Waals surface area contributed by atoms with E-state index in [0.717, 1.165) is 21.8 Å². The van der Waals surface area contributed by atoms with Crippen molar-refractivity contribution in [3.63, 3.8) is 0 Å². The zero-order valence-electron chi connectivity index (χ0n) is 14.4. The van der Waals surface area contributed by atoms with Crippen LogP contribution >= 0.6 is 11.8 Å². The highest BCUT2D eigenvalue weighted by Crippen LogP contribution is 2.32. The lowest BCUT2D eigenvalue weighted by atomic mass is 10.0. The van der Waals surface area contributed by atoms with Gasteiger partial charge in [0.25, 0.3) is 5.91 Å². The van der Waals surface area contributed by atoms with Crippen molar-refractivity contribution in [2.75, 3.05) is 18.2 Å². The standard InChI is InChI=1S/C19H20N2O3S/c1-11-4-6-16(24-3)14(8-11)12(2)20-19(23)13-5-7-17-15(9-13)21-18(22)10-25-17/h4-9,12H,10H2,1-3H3,(H,20,23)(H,21,22). The van der Waals surface area contributed by atoms with Crippen LogP contribution in [0.3, 0.4) is 0 Å². The van der Waals surface area contributed by atoms with Crippen LogP contribution in [-0.2, 0) is 4.79 Å². The number of nitrogens with one attached hydrogen (secondary N) is 2. The number of aryl methyl sites for hydroxylation is 1. The largest absolute Gasteiger partial charge is 0.496 e. The van der Waals surface area contributed by atoms with E-state index < -0.39 is 0 Å². The average Bonchev–Trinajstić information content (AvgIpc) is 2.60. The number of amides is 2. The lowest BCUT2D eigenvalue weighted by Gasteiger charge is -2.20. The van der Waals surface area contributed by atoms with E-state index in [0.29, 0.717) is 17.0 Å². The Morgan fingerprint density at radius 2 is 2.08 bits per heavy atom.